The van der Waals surface area contributed by atoms with Crippen molar-refractivity contribution in [2.75, 3.05) is 31.1 Å². The molecule has 122 valence electrons. The van der Waals surface area contributed by atoms with Crippen LogP contribution >= 0.6 is 11.6 Å². The molecular formula is C17H21ClN4O. The fourth-order valence-corrected chi connectivity index (χ4v) is 3.10. The molecule has 1 saturated heterocycles. The molecule has 0 aromatic carbocycles. The van der Waals surface area contributed by atoms with Crippen LogP contribution < -0.4 is 4.90 Å². The Morgan fingerprint density at radius 1 is 1.22 bits per heavy atom. The third-order valence-electron chi connectivity index (χ3n) is 4.29. The normalized spacial score (nSPS) is 16.4. The minimum atomic E-state index is -0.106. The lowest BCUT2D eigenvalue weighted by molar-refractivity contribution is -0.135. The molecule has 1 atom stereocenters. The van der Waals surface area contributed by atoms with Gasteiger partial charge in [-0.15, -0.1) is 0 Å². The summed E-state index contributed by atoms with van der Waals surface area (Å²) in [6.07, 6.45) is 6.37. The molecule has 3 rings (SSSR count). The van der Waals surface area contributed by atoms with Crippen LogP contribution in [0.15, 0.2) is 42.9 Å². The topological polar surface area (TPSA) is 41.4 Å². The van der Waals surface area contributed by atoms with Crippen molar-refractivity contribution in [3.8, 4) is 0 Å². The van der Waals surface area contributed by atoms with E-state index < -0.39 is 0 Å². The van der Waals surface area contributed by atoms with Gasteiger partial charge in [0.1, 0.15) is 11.9 Å². The number of hydrogen-bond donors (Lipinski definition) is 0. The Labute approximate surface area is 141 Å². The van der Waals surface area contributed by atoms with Crippen molar-refractivity contribution in [2.45, 2.75) is 19.4 Å². The first-order valence-electron chi connectivity index (χ1n) is 7.97. The molecule has 1 aliphatic heterocycles. The summed E-state index contributed by atoms with van der Waals surface area (Å²) in [4.78, 5) is 21.3. The maximum Gasteiger partial charge on any atom is 0.245 e. The Kier molecular flexibility index (Phi) is 4.86. The van der Waals surface area contributed by atoms with Crippen molar-refractivity contribution in [2.24, 2.45) is 0 Å². The second-order valence-corrected chi connectivity index (χ2v) is 6.14. The molecule has 0 aliphatic carbocycles. The molecule has 5 nitrogen and oxygen atoms in total. The van der Waals surface area contributed by atoms with E-state index in [0.717, 1.165) is 38.4 Å². The molecule has 1 fully saturated rings. The predicted octanol–water partition coefficient (Wildman–Crippen LogP) is 2.84. The molecular weight excluding hydrogens is 312 g/mol. The summed E-state index contributed by atoms with van der Waals surface area (Å²) in [5.74, 6) is 1.12. The standard InChI is InChI=1S/C17H21ClN4O/c1-2-15(20-7-3-4-8-20)17(23)22-11-9-21(10-12-22)16-6-5-14(18)13-19-16/h3-8,13,15H,2,9-12H2,1H3. The fourth-order valence-electron chi connectivity index (χ4n) is 2.99. The van der Waals surface area contributed by atoms with E-state index in [0.29, 0.717) is 5.02 Å². The van der Waals surface area contributed by atoms with Crippen LogP contribution in [-0.4, -0.2) is 46.5 Å². The maximum absolute atomic E-state index is 12.8. The number of rotatable bonds is 4. The monoisotopic (exact) mass is 332 g/mol. The molecule has 0 saturated carbocycles. The molecule has 0 spiro atoms. The summed E-state index contributed by atoms with van der Waals surface area (Å²) in [6.45, 7) is 5.09. The lowest BCUT2D eigenvalue weighted by Crippen LogP contribution is -2.50. The van der Waals surface area contributed by atoms with Crippen molar-refractivity contribution in [1.82, 2.24) is 14.5 Å². The zero-order chi connectivity index (χ0) is 16.2. The van der Waals surface area contributed by atoms with Gasteiger partial charge in [-0.2, -0.15) is 0 Å². The Hall–Kier alpha value is -2.01. The highest BCUT2D eigenvalue weighted by atomic mass is 35.5. The van der Waals surface area contributed by atoms with Gasteiger partial charge in [-0.3, -0.25) is 4.79 Å². The number of carbonyl (C=O) groups is 1. The summed E-state index contributed by atoms with van der Waals surface area (Å²) < 4.78 is 2.00. The largest absolute Gasteiger partial charge is 0.353 e. The van der Waals surface area contributed by atoms with Crippen LogP contribution in [-0.2, 0) is 4.79 Å². The van der Waals surface area contributed by atoms with Gasteiger partial charge in [0.25, 0.3) is 0 Å². The van der Waals surface area contributed by atoms with Crippen LogP contribution in [0.5, 0.6) is 0 Å². The van der Waals surface area contributed by atoms with Gasteiger partial charge in [-0.05, 0) is 30.7 Å². The molecule has 1 aliphatic rings. The van der Waals surface area contributed by atoms with E-state index in [9.17, 15) is 4.79 Å². The minimum absolute atomic E-state index is 0.106. The van der Waals surface area contributed by atoms with E-state index in [2.05, 4.69) is 16.8 Å². The van der Waals surface area contributed by atoms with Crippen LogP contribution in [0.2, 0.25) is 5.02 Å². The van der Waals surface area contributed by atoms with E-state index >= 15 is 0 Å². The summed E-state index contributed by atoms with van der Waals surface area (Å²) in [5, 5.41) is 0.639. The number of anilines is 1. The Balaban J connectivity index is 1.62. The number of pyridine rings is 1. The highest BCUT2D eigenvalue weighted by Gasteiger charge is 2.27. The Bertz CT molecular complexity index is 633. The first-order valence-corrected chi connectivity index (χ1v) is 8.34. The van der Waals surface area contributed by atoms with Gasteiger partial charge in [-0.1, -0.05) is 18.5 Å². The van der Waals surface area contributed by atoms with Crippen molar-refractivity contribution in [3.05, 3.63) is 47.9 Å². The van der Waals surface area contributed by atoms with E-state index in [1.807, 2.05) is 46.1 Å². The average molecular weight is 333 g/mol. The van der Waals surface area contributed by atoms with Gasteiger partial charge in [0, 0.05) is 44.8 Å². The van der Waals surface area contributed by atoms with Gasteiger partial charge in [-0.25, -0.2) is 4.98 Å². The van der Waals surface area contributed by atoms with E-state index in [1.54, 1.807) is 6.20 Å². The van der Waals surface area contributed by atoms with Crippen molar-refractivity contribution in [1.29, 1.82) is 0 Å². The summed E-state index contributed by atoms with van der Waals surface area (Å²) in [6, 6.07) is 7.58. The first kappa shape index (κ1) is 15.9. The smallest absolute Gasteiger partial charge is 0.245 e. The molecule has 1 amide bonds. The summed E-state index contributed by atoms with van der Waals surface area (Å²) in [5.41, 5.74) is 0. The lowest BCUT2D eigenvalue weighted by atomic mass is 10.1. The summed E-state index contributed by atoms with van der Waals surface area (Å²) in [7, 11) is 0. The molecule has 23 heavy (non-hydrogen) atoms. The van der Waals surface area contributed by atoms with Crippen molar-refractivity contribution in [3.63, 3.8) is 0 Å². The third kappa shape index (κ3) is 3.50. The molecule has 0 bridgehead atoms. The van der Waals surface area contributed by atoms with Gasteiger partial charge in [0.05, 0.1) is 5.02 Å². The zero-order valence-electron chi connectivity index (χ0n) is 13.2. The van der Waals surface area contributed by atoms with Gasteiger partial charge < -0.3 is 14.4 Å². The number of aromatic nitrogens is 2. The Morgan fingerprint density at radius 2 is 1.91 bits per heavy atom. The number of halogens is 1. The summed E-state index contributed by atoms with van der Waals surface area (Å²) >= 11 is 5.88. The zero-order valence-corrected chi connectivity index (χ0v) is 14.0. The van der Waals surface area contributed by atoms with Gasteiger partial charge in [0.2, 0.25) is 5.91 Å². The SMILES string of the molecule is CCC(C(=O)N1CCN(c2ccc(Cl)cn2)CC1)n1cccc1. The van der Waals surface area contributed by atoms with E-state index in [1.165, 1.54) is 0 Å². The number of amides is 1. The van der Waals surface area contributed by atoms with Gasteiger partial charge >= 0.3 is 0 Å². The van der Waals surface area contributed by atoms with Crippen LogP contribution in [0.4, 0.5) is 5.82 Å². The van der Waals surface area contributed by atoms with Crippen LogP contribution in [0.1, 0.15) is 19.4 Å². The van der Waals surface area contributed by atoms with E-state index in [-0.39, 0.29) is 11.9 Å². The van der Waals surface area contributed by atoms with Crippen LogP contribution in [0.3, 0.4) is 0 Å². The second kappa shape index (κ2) is 7.04. The second-order valence-electron chi connectivity index (χ2n) is 5.70. The average Bonchev–Trinajstić information content (AvgIpc) is 3.10. The quantitative estimate of drug-likeness (QED) is 0.864. The predicted molar refractivity (Wildman–Crippen MR) is 91.8 cm³/mol. The first-order chi connectivity index (χ1) is 11.2. The van der Waals surface area contributed by atoms with Crippen molar-refractivity contribution < 1.29 is 4.79 Å². The number of nitrogens with zero attached hydrogens (tertiary/aromatic N) is 4. The molecule has 0 radical (unpaired) electrons. The Morgan fingerprint density at radius 3 is 2.48 bits per heavy atom. The van der Waals surface area contributed by atoms with Crippen LogP contribution in [0.25, 0.3) is 0 Å². The van der Waals surface area contributed by atoms with Crippen molar-refractivity contribution >= 4 is 23.3 Å². The molecule has 1 unspecified atom stereocenters. The highest BCUT2D eigenvalue weighted by Crippen LogP contribution is 2.19. The molecule has 3 heterocycles. The highest BCUT2D eigenvalue weighted by molar-refractivity contribution is 6.30. The van der Waals surface area contributed by atoms with E-state index in [4.69, 9.17) is 11.6 Å². The fraction of sp³-hybridized carbons (Fsp3) is 0.412. The molecule has 2 aromatic rings. The molecule has 0 N–H and O–H groups in total. The lowest BCUT2D eigenvalue weighted by Gasteiger charge is -2.37. The number of carbonyl (C=O) groups excluding carboxylic acids is 1. The minimum Gasteiger partial charge on any atom is -0.353 e. The number of piperazine rings is 1. The van der Waals surface area contributed by atoms with Gasteiger partial charge in [0.15, 0.2) is 0 Å². The molecule has 2 aromatic heterocycles. The third-order valence-corrected chi connectivity index (χ3v) is 4.51. The maximum atomic E-state index is 12.8. The molecule has 6 heteroatoms. The van der Waals surface area contributed by atoms with Crippen LogP contribution in [0, 0.1) is 0 Å². The number of hydrogen-bond acceptors (Lipinski definition) is 3.